The second-order valence-electron chi connectivity index (χ2n) is 6.51. The molecule has 2 aromatic carbocycles. The number of benzene rings is 2. The topological polar surface area (TPSA) is 104 Å². The predicted octanol–water partition coefficient (Wildman–Crippen LogP) is 1.94. The minimum Gasteiger partial charge on any atom is -0.350 e. The summed E-state index contributed by atoms with van der Waals surface area (Å²) >= 11 is 3.29. The first-order chi connectivity index (χ1) is 13.3. The van der Waals surface area contributed by atoms with Crippen molar-refractivity contribution >= 4 is 37.8 Å². The lowest BCUT2D eigenvalue weighted by atomic mass is 10.2. The summed E-state index contributed by atoms with van der Waals surface area (Å²) in [5.41, 5.74) is 1.22. The van der Waals surface area contributed by atoms with Gasteiger partial charge in [0.1, 0.15) is 0 Å². The van der Waals surface area contributed by atoms with Gasteiger partial charge in [-0.1, -0.05) is 34.1 Å². The molecule has 0 radical (unpaired) electrons. The maximum Gasteiger partial charge on any atom is 0.251 e. The Balaban J connectivity index is 1.46. The van der Waals surface area contributed by atoms with Crippen molar-refractivity contribution in [3.8, 4) is 0 Å². The molecule has 0 unspecified atom stereocenters. The molecule has 28 heavy (non-hydrogen) atoms. The summed E-state index contributed by atoms with van der Waals surface area (Å²) in [6.07, 6.45) is 1.75. The number of sulfonamides is 1. The molecule has 2 amide bonds. The van der Waals surface area contributed by atoms with Gasteiger partial charge in [0.15, 0.2) is 0 Å². The second kappa shape index (κ2) is 8.85. The Hall–Kier alpha value is -2.23. The van der Waals surface area contributed by atoms with Gasteiger partial charge >= 0.3 is 0 Å². The van der Waals surface area contributed by atoms with Gasteiger partial charge in [-0.2, -0.15) is 0 Å². The van der Waals surface area contributed by atoms with Gasteiger partial charge in [-0.15, -0.1) is 0 Å². The van der Waals surface area contributed by atoms with E-state index in [4.69, 9.17) is 0 Å². The molecule has 3 rings (SSSR count). The highest BCUT2D eigenvalue weighted by molar-refractivity contribution is 9.10. The van der Waals surface area contributed by atoms with Crippen molar-refractivity contribution in [2.75, 3.05) is 6.54 Å². The molecule has 148 valence electrons. The molecule has 2 aromatic rings. The lowest BCUT2D eigenvalue weighted by molar-refractivity contribution is -0.120. The normalized spacial score (nSPS) is 13.8. The van der Waals surface area contributed by atoms with E-state index < -0.39 is 10.0 Å². The molecule has 0 atom stereocenters. The van der Waals surface area contributed by atoms with Gasteiger partial charge in [0, 0.05) is 22.6 Å². The third-order valence-electron chi connectivity index (χ3n) is 4.12. The van der Waals surface area contributed by atoms with Crippen molar-refractivity contribution in [1.82, 2.24) is 15.4 Å². The van der Waals surface area contributed by atoms with Crippen LogP contribution in [0.3, 0.4) is 0 Å². The SMILES string of the molecule is O=C(CNC(=O)c1cccc(Br)c1)NCc1ccc(S(=O)(=O)NC2CC2)cc1. The largest absolute Gasteiger partial charge is 0.350 e. The predicted molar refractivity (Wildman–Crippen MR) is 108 cm³/mol. The summed E-state index contributed by atoms with van der Waals surface area (Å²) in [6.45, 7) is 0.0884. The highest BCUT2D eigenvalue weighted by atomic mass is 79.9. The maximum absolute atomic E-state index is 12.1. The van der Waals surface area contributed by atoms with Crippen molar-refractivity contribution in [2.24, 2.45) is 0 Å². The first-order valence-electron chi connectivity index (χ1n) is 8.75. The molecule has 0 spiro atoms. The zero-order valence-corrected chi connectivity index (χ0v) is 17.3. The first-order valence-corrected chi connectivity index (χ1v) is 11.0. The van der Waals surface area contributed by atoms with Crippen LogP contribution in [0.4, 0.5) is 0 Å². The number of carbonyl (C=O) groups excluding carboxylic acids is 2. The molecule has 1 saturated carbocycles. The molecular weight excluding hydrogens is 446 g/mol. The molecule has 3 N–H and O–H groups in total. The van der Waals surface area contributed by atoms with Crippen LogP contribution in [0.2, 0.25) is 0 Å². The first kappa shape index (κ1) is 20.5. The Bertz CT molecular complexity index is 973. The fourth-order valence-electron chi connectivity index (χ4n) is 2.43. The van der Waals surface area contributed by atoms with Crippen molar-refractivity contribution in [3.63, 3.8) is 0 Å². The summed E-state index contributed by atoms with van der Waals surface area (Å²) in [4.78, 5) is 24.1. The van der Waals surface area contributed by atoms with Crippen molar-refractivity contribution in [2.45, 2.75) is 30.3 Å². The molecule has 1 aliphatic carbocycles. The highest BCUT2D eigenvalue weighted by Crippen LogP contribution is 2.22. The van der Waals surface area contributed by atoms with Gasteiger partial charge in [-0.25, -0.2) is 13.1 Å². The Kier molecular flexibility index (Phi) is 6.48. The number of halogens is 1. The van der Waals surface area contributed by atoms with Gasteiger partial charge in [-0.3, -0.25) is 9.59 Å². The van der Waals surface area contributed by atoms with Crippen LogP contribution in [0.1, 0.15) is 28.8 Å². The minimum absolute atomic E-state index is 0.0520. The highest BCUT2D eigenvalue weighted by Gasteiger charge is 2.27. The van der Waals surface area contributed by atoms with E-state index >= 15 is 0 Å². The van der Waals surface area contributed by atoms with E-state index in [1.165, 1.54) is 12.1 Å². The Morgan fingerprint density at radius 3 is 2.39 bits per heavy atom. The minimum atomic E-state index is -3.48. The lowest BCUT2D eigenvalue weighted by Crippen LogP contribution is -2.36. The van der Waals surface area contributed by atoms with Crippen LogP contribution in [-0.2, 0) is 21.4 Å². The molecule has 9 heteroatoms. The molecule has 1 fully saturated rings. The van der Waals surface area contributed by atoms with Gasteiger partial charge in [0.2, 0.25) is 15.9 Å². The number of hydrogen-bond acceptors (Lipinski definition) is 4. The van der Waals surface area contributed by atoms with E-state index in [-0.39, 0.29) is 35.8 Å². The zero-order chi connectivity index (χ0) is 20.1. The zero-order valence-electron chi connectivity index (χ0n) is 14.9. The fraction of sp³-hybridized carbons (Fsp3) is 0.263. The second-order valence-corrected chi connectivity index (χ2v) is 9.14. The molecule has 0 aliphatic heterocycles. The van der Waals surface area contributed by atoms with E-state index in [0.717, 1.165) is 22.9 Å². The Morgan fingerprint density at radius 1 is 1.04 bits per heavy atom. The molecule has 7 nitrogen and oxygen atoms in total. The maximum atomic E-state index is 12.1. The van der Waals surface area contributed by atoms with Gasteiger partial charge in [0.05, 0.1) is 11.4 Å². The van der Waals surface area contributed by atoms with Crippen LogP contribution in [0.15, 0.2) is 57.9 Å². The number of hydrogen-bond donors (Lipinski definition) is 3. The molecule has 0 aromatic heterocycles. The summed E-state index contributed by atoms with van der Waals surface area (Å²) in [5, 5.41) is 5.25. The number of carbonyl (C=O) groups is 2. The van der Waals surface area contributed by atoms with Crippen molar-refractivity contribution in [3.05, 3.63) is 64.1 Å². The van der Waals surface area contributed by atoms with Crippen LogP contribution in [-0.4, -0.2) is 32.8 Å². The van der Waals surface area contributed by atoms with Gasteiger partial charge < -0.3 is 10.6 Å². The van der Waals surface area contributed by atoms with E-state index in [2.05, 4.69) is 31.3 Å². The quantitative estimate of drug-likeness (QED) is 0.553. The van der Waals surface area contributed by atoms with Crippen LogP contribution in [0, 0.1) is 0 Å². The Morgan fingerprint density at radius 2 is 1.75 bits per heavy atom. The molecular formula is C19H20BrN3O4S. The lowest BCUT2D eigenvalue weighted by Gasteiger charge is -2.09. The molecule has 0 heterocycles. The summed E-state index contributed by atoms with van der Waals surface area (Å²) in [5.74, 6) is -0.676. The van der Waals surface area contributed by atoms with Crippen LogP contribution in [0.5, 0.6) is 0 Å². The fourth-order valence-corrected chi connectivity index (χ4v) is 4.13. The third-order valence-corrected chi connectivity index (χ3v) is 6.15. The standard InChI is InChI=1S/C19H20BrN3O4S/c20-15-3-1-2-14(10-15)19(25)22-12-18(24)21-11-13-4-8-17(9-5-13)28(26,27)23-16-6-7-16/h1-5,8-10,16,23H,6-7,11-12H2,(H,21,24)(H,22,25). The van der Waals surface area contributed by atoms with Crippen LogP contribution < -0.4 is 15.4 Å². The van der Waals surface area contributed by atoms with Crippen molar-refractivity contribution in [1.29, 1.82) is 0 Å². The molecule has 1 aliphatic rings. The summed E-state index contributed by atoms with van der Waals surface area (Å²) < 4.78 is 27.6. The summed E-state index contributed by atoms with van der Waals surface area (Å²) in [7, 11) is -3.48. The van der Waals surface area contributed by atoms with E-state index in [1.807, 2.05) is 6.07 Å². The van der Waals surface area contributed by atoms with E-state index in [9.17, 15) is 18.0 Å². The van der Waals surface area contributed by atoms with E-state index in [1.54, 1.807) is 30.3 Å². The van der Waals surface area contributed by atoms with Gasteiger partial charge in [0.25, 0.3) is 5.91 Å². The number of amides is 2. The number of rotatable bonds is 8. The summed E-state index contributed by atoms with van der Waals surface area (Å²) in [6, 6.07) is 13.3. The monoisotopic (exact) mass is 465 g/mol. The third kappa shape index (κ3) is 5.88. The van der Waals surface area contributed by atoms with Crippen molar-refractivity contribution < 1.29 is 18.0 Å². The smallest absolute Gasteiger partial charge is 0.251 e. The number of nitrogens with one attached hydrogen (secondary N) is 3. The average Bonchev–Trinajstić information content (AvgIpc) is 3.48. The van der Waals surface area contributed by atoms with Gasteiger partial charge in [-0.05, 0) is 48.7 Å². The van der Waals surface area contributed by atoms with E-state index in [0.29, 0.717) is 5.56 Å². The average molecular weight is 466 g/mol. The van der Waals surface area contributed by atoms with Crippen LogP contribution >= 0.6 is 15.9 Å². The molecule has 0 saturated heterocycles. The molecule has 0 bridgehead atoms. The van der Waals surface area contributed by atoms with Crippen LogP contribution in [0.25, 0.3) is 0 Å². The Labute approximate surface area is 172 Å².